The molecule has 0 aliphatic carbocycles. The largest absolute Gasteiger partial charge is 0.378 e. The molecule has 7 heteroatoms. The van der Waals surface area contributed by atoms with E-state index < -0.39 is 0 Å². The summed E-state index contributed by atoms with van der Waals surface area (Å²) in [5.74, 6) is 0.923. The first-order valence-electron chi connectivity index (χ1n) is 7.11. The summed E-state index contributed by atoms with van der Waals surface area (Å²) in [7, 11) is 1.87. The Morgan fingerprint density at radius 3 is 3.14 bits per heavy atom. The van der Waals surface area contributed by atoms with Crippen LogP contribution < -0.4 is 4.90 Å². The monoisotopic (exact) mass is 287 g/mol. The first-order chi connectivity index (χ1) is 10.2. The Morgan fingerprint density at radius 2 is 2.24 bits per heavy atom. The van der Waals surface area contributed by atoms with Gasteiger partial charge in [-0.15, -0.1) is 0 Å². The summed E-state index contributed by atoms with van der Waals surface area (Å²) in [6.07, 6.45) is 3.43. The molecule has 2 bridgehead atoms. The molecule has 2 aliphatic rings. The van der Waals surface area contributed by atoms with Crippen molar-refractivity contribution in [3.05, 3.63) is 18.6 Å². The van der Waals surface area contributed by atoms with Gasteiger partial charge in [-0.05, 0) is 6.07 Å². The van der Waals surface area contributed by atoms with Crippen LogP contribution in [0.4, 0.5) is 5.82 Å². The average molecular weight is 287 g/mol. The SMILES string of the molecule is CN1C(=O)[C@H]2COC[C@@H]1CN(c1ncnc3[nH]ccc13)C2. The molecule has 1 N–H and O–H groups in total. The van der Waals surface area contributed by atoms with E-state index in [1.54, 1.807) is 6.33 Å². The molecule has 4 heterocycles. The zero-order valence-corrected chi connectivity index (χ0v) is 11.8. The fourth-order valence-corrected chi connectivity index (χ4v) is 3.18. The van der Waals surface area contributed by atoms with Crippen LogP contribution in [0, 0.1) is 5.92 Å². The highest BCUT2D eigenvalue weighted by atomic mass is 16.5. The zero-order valence-electron chi connectivity index (χ0n) is 11.8. The summed E-state index contributed by atoms with van der Waals surface area (Å²) < 4.78 is 5.63. The summed E-state index contributed by atoms with van der Waals surface area (Å²) in [6.45, 7) is 2.43. The summed E-state index contributed by atoms with van der Waals surface area (Å²) in [4.78, 5) is 28.2. The lowest BCUT2D eigenvalue weighted by Crippen LogP contribution is -2.43. The first-order valence-corrected chi connectivity index (χ1v) is 7.11. The molecule has 2 aromatic heterocycles. The Bertz CT molecular complexity index is 685. The lowest BCUT2D eigenvalue weighted by molar-refractivity contribution is -0.133. The van der Waals surface area contributed by atoms with E-state index >= 15 is 0 Å². The molecule has 0 unspecified atom stereocenters. The number of aromatic amines is 1. The number of amides is 1. The predicted octanol–water partition coefficient (Wildman–Crippen LogP) is 0.251. The third kappa shape index (κ3) is 1.96. The second-order valence-electron chi connectivity index (χ2n) is 5.68. The number of nitrogens with zero attached hydrogens (tertiary/aromatic N) is 4. The zero-order chi connectivity index (χ0) is 14.4. The van der Waals surface area contributed by atoms with Gasteiger partial charge in [-0.25, -0.2) is 9.97 Å². The molecule has 0 spiro atoms. The maximum atomic E-state index is 12.4. The molecule has 2 atom stereocenters. The van der Waals surface area contributed by atoms with E-state index in [0.717, 1.165) is 23.4 Å². The molecule has 2 saturated heterocycles. The quantitative estimate of drug-likeness (QED) is 0.814. The molecule has 2 fully saturated rings. The second-order valence-corrected chi connectivity index (χ2v) is 5.68. The first kappa shape index (κ1) is 12.6. The van der Waals surface area contributed by atoms with Gasteiger partial charge in [0, 0.05) is 26.3 Å². The Kier molecular flexibility index (Phi) is 2.81. The Labute approximate surface area is 121 Å². The molecule has 110 valence electrons. The van der Waals surface area contributed by atoms with Crippen LogP contribution in [0.5, 0.6) is 0 Å². The lowest BCUT2D eigenvalue weighted by Gasteiger charge is -2.30. The van der Waals surface area contributed by atoms with Crippen molar-refractivity contribution in [3.8, 4) is 0 Å². The van der Waals surface area contributed by atoms with E-state index in [1.165, 1.54) is 0 Å². The maximum absolute atomic E-state index is 12.4. The molecule has 7 nitrogen and oxygen atoms in total. The maximum Gasteiger partial charge on any atom is 0.229 e. The number of nitrogens with one attached hydrogen (secondary N) is 1. The highest BCUT2D eigenvalue weighted by Crippen LogP contribution is 2.27. The molecule has 0 radical (unpaired) electrons. The van der Waals surface area contributed by atoms with Crippen molar-refractivity contribution in [2.24, 2.45) is 5.92 Å². The fraction of sp³-hybridized carbons (Fsp3) is 0.500. The Hall–Kier alpha value is -2.15. The van der Waals surface area contributed by atoms with E-state index in [-0.39, 0.29) is 17.9 Å². The molecular formula is C14H17N5O2. The molecule has 1 amide bonds. The molecule has 0 saturated carbocycles. The van der Waals surface area contributed by atoms with Gasteiger partial charge in [0.1, 0.15) is 17.8 Å². The van der Waals surface area contributed by atoms with Crippen LogP contribution in [0.15, 0.2) is 18.6 Å². The standard InChI is InChI=1S/C14H17N5O2/c1-18-10-5-19(4-9(14(18)20)6-21-7-10)13-11-2-3-15-12(11)16-8-17-13/h2-3,8-10H,4-7H2,1H3,(H,15,16,17)/t9-,10+/m1/s1. The van der Waals surface area contributed by atoms with E-state index in [0.29, 0.717) is 19.8 Å². The van der Waals surface area contributed by atoms with Gasteiger partial charge in [-0.3, -0.25) is 4.79 Å². The van der Waals surface area contributed by atoms with Crippen LogP contribution in [-0.2, 0) is 9.53 Å². The fourth-order valence-electron chi connectivity index (χ4n) is 3.18. The van der Waals surface area contributed by atoms with Gasteiger partial charge in [0.25, 0.3) is 0 Å². The predicted molar refractivity (Wildman–Crippen MR) is 77.0 cm³/mol. The van der Waals surface area contributed by atoms with Gasteiger partial charge in [0.15, 0.2) is 0 Å². The van der Waals surface area contributed by atoms with Gasteiger partial charge < -0.3 is 19.5 Å². The van der Waals surface area contributed by atoms with Crippen LogP contribution in [0.1, 0.15) is 0 Å². The highest BCUT2D eigenvalue weighted by molar-refractivity contribution is 5.88. The van der Waals surface area contributed by atoms with Crippen molar-refractivity contribution in [1.29, 1.82) is 0 Å². The Morgan fingerprint density at radius 1 is 1.33 bits per heavy atom. The van der Waals surface area contributed by atoms with Crippen molar-refractivity contribution in [2.75, 3.05) is 38.3 Å². The number of anilines is 1. The molecule has 2 aromatic rings. The molecule has 21 heavy (non-hydrogen) atoms. The number of rotatable bonds is 1. The number of hydrogen-bond acceptors (Lipinski definition) is 5. The molecule has 0 aromatic carbocycles. The Balaban J connectivity index is 1.76. The summed E-state index contributed by atoms with van der Waals surface area (Å²) in [5, 5.41) is 0.994. The number of fused-ring (bicyclic) bond motifs is 4. The van der Waals surface area contributed by atoms with E-state index in [2.05, 4.69) is 19.9 Å². The molecule has 2 aliphatic heterocycles. The lowest BCUT2D eigenvalue weighted by atomic mass is 10.1. The number of aromatic nitrogens is 3. The van der Waals surface area contributed by atoms with Crippen molar-refractivity contribution in [1.82, 2.24) is 19.9 Å². The average Bonchev–Trinajstić information content (AvgIpc) is 2.86. The van der Waals surface area contributed by atoms with Gasteiger partial charge in [-0.2, -0.15) is 0 Å². The van der Waals surface area contributed by atoms with E-state index in [4.69, 9.17) is 4.74 Å². The van der Waals surface area contributed by atoms with Gasteiger partial charge in [0.2, 0.25) is 5.91 Å². The van der Waals surface area contributed by atoms with Gasteiger partial charge in [-0.1, -0.05) is 0 Å². The van der Waals surface area contributed by atoms with Crippen LogP contribution in [0.25, 0.3) is 11.0 Å². The van der Waals surface area contributed by atoms with Crippen molar-refractivity contribution < 1.29 is 9.53 Å². The van der Waals surface area contributed by atoms with Crippen LogP contribution in [0.2, 0.25) is 0 Å². The van der Waals surface area contributed by atoms with Crippen LogP contribution >= 0.6 is 0 Å². The number of carbonyl (C=O) groups excluding carboxylic acids is 1. The van der Waals surface area contributed by atoms with Gasteiger partial charge in [0.05, 0.1) is 30.6 Å². The minimum Gasteiger partial charge on any atom is -0.378 e. The van der Waals surface area contributed by atoms with Crippen LogP contribution in [-0.4, -0.2) is 65.2 Å². The summed E-state index contributed by atoms with van der Waals surface area (Å²) in [6, 6.07) is 2.04. The summed E-state index contributed by atoms with van der Waals surface area (Å²) in [5.41, 5.74) is 0.824. The van der Waals surface area contributed by atoms with Crippen molar-refractivity contribution >= 4 is 22.8 Å². The number of H-pyrrole nitrogens is 1. The minimum absolute atomic E-state index is 0.0638. The number of hydrogen-bond donors (Lipinski definition) is 1. The van der Waals surface area contributed by atoms with Gasteiger partial charge >= 0.3 is 0 Å². The van der Waals surface area contributed by atoms with Crippen LogP contribution in [0.3, 0.4) is 0 Å². The third-order valence-electron chi connectivity index (χ3n) is 4.38. The number of carbonyl (C=O) groups is 1. The number of likely N-dealkylation sites (N-methyl/N-ethyl adjacent to an activating group) is 1. The second kappa shape index (κ2) is 4.70. The minimum atomic E-state index is -0.133. The van der Waals surface area contributed by atoms with E-state index in [1.807, 2.05) is 24.2 Å². The third-order valence-corrected chi connectivity index (χ3v) is 4.38. The smallest absolute Gasteiger partial charge is 0.229 e. The van der Waals surface area contributed by atoms with Crippen molar-refractivity contribution in [2.45, 2.75) is 6.04 Å². The highest BCUT2D eigenvalue weighted by Gasteiger charge is 2.38. The normalized spacial score (nSPS) is 26.2. The van der Waals surface area contributed by atoms with E-state index in [9.17, 15) is 4.79 Å². The molecule has 4 rings (SSSR count). The number of ether oxygens (including phenoxy) is 1. The summed E-state index contributed by atoms with van der Waals surface area (Å²) >= 11 is 0. The molecular weight excluding hydrogens is 270 g/mol. The van der Waals surface area contributed by atoms with Crippen molar-refractivity contribution in [3.63, 3.8) is 0 Å². The topological polar surface area (TPSA) is 74.3 Å².